The average molecular weight is 427 g/mol. The monoisotopic (exact) mass is 426 g/mol. The molecule has 8 nitrogen and oxygen atoms in total. The third-order valence-corrected chi connectivity index (χ3v) is 5.91. The maximum absolute atomic E-state index is 6.04. The van der Waals surface area contributed by atoms with Gasteiger partial charge in [0.2, 0.25) is 0 Å². The van der Waals surface area contributed by atoms with E-state index in [0.717, 1.165) is 53.8 Å². The summed E-state index contributed by atoms with van der Waals surface area (Å²) in [5, 5.41) is 10.6. The molecule has 31 heavy (non-hydrogen) atoms. The van der Waals surface area contributed by atoms with Gasteiger partial charge in [0.15, 0.2) is 6.23 Å². The Balaban J connectivity index is 1.58. The van der Waals surface area contributed by atoms with E-state index in [-0.39, 0.29) is 18.4 Å². The topological polar surface area (TPSA) is 72.6 Å². The summed E-state index contributed by atoms with van der Waals surface area (Å²) in [6.45, 7) is 7.03. The van der Waals surface area contributed by atoms with Gasteiger partial charge in [0.1, 0.15) is 18.1 Å². The van der Waals surface area contributed by atoms with Gasteiger partial charge in [-0.25, -0.2) is 4.68 Å². The summed E-state index contributed by atoms with van der Waals surface area (Å²) in [6.07, 6.45) is 7.08. The van der Waals surface area contributed by atoms with Gasteiger partial charge in [-0.3, -0.25) is 4.68 Å². The summed E-state index contributed by atoms with van der Waals surface area (Å²) in [4.78, 5) is 0. The number of aromatic nitrogens is 4. The molecule has 4 bridgehead atoms. The molecule has 0 spiro atoms. The Kier molecular flexibility index (Phi) is 5.93. The minimum Gasteiger partial charge on any atom is -0.491 e. The molecule has 4 heterocycles. The summed E-state index contributed by atoms with van der Waals surface area (Å²) < 4.78 is 27.6. The van der Waals surface area contributed by atoms with Crippen LogP contribution in [0.2, 0.25) is 0 Å². The molecule has 1 saturated heterocycles. The smallest absolute Gasteiger partial charge is 0.150 e. The third-order valence-electron chi connectivity index (χ3n) is 5.91. The van der Waals surface area contributed by atoms with Crippen LogP contribution in [-0.4, -0.2) is 58.7 Å². The number of ether oxygens (including phenoxy) is 4. The van der Waals surface area contributed by atoms with E-state index in [0.29, 0.717) is 26.4 Å². The molecule has 2 aliphatic rings. The molecule has 2 aromatic heterocycles. The van der Waals surface area contributed by atoms with E-state index >= 15 is 0 Å². The van der Waals surface area contributed by atoms with Crippen molar-refractivity contribution in [1.29, 1.82) is 0 Å². The zero-order chi connectivity index (χ0) is 21.2. The Morgan fingerprint density at radius 2 is 1.97 bits per heavy atom. The number of hydrogen-bond acceptors (Lipinski definition) is 6. The first-order valence-electron chi connectivity index (χ1n) is 11.2. The van der Waals surface area contributed by atoms with E-state index < -0.39 is 0 Å². The molecule has 8 heteroatoms. The van der Waals surface area contributed by atoms with Crippen molar-refractivity contribution in [3.8, 4) is 17.0 Å². The van der Waals surface area contributed by atoms with Crippen molar-refractivity contribution in [1.82, 2.24) is 19.6 Å². The van der Waals surface area contributed by atoms with Gasteiger partial charge in [-0.15, -0.1) is 0 Å². The van der Waals surface area contributed by atoms with Crippen molar-refractivity contribution < 1.29 is 18.9 Å². The number of rotatable bonds is 1. The van der Waals surface area contributed by atoms with Crippen molar-refractivity contribution in [3.63, 3.8) is 0 Å². The van der Waals surface area contributed by atoms with Crippen LogP contribution in [0.15, 0.2) is 30.6 Å². The van der Waals surface area contributed by atoms with E-state index in [1.54, 1.807) is 0 Å². The second kappa shape index (κ2) is 8.98. The lowest BCUT2D eigenvalue weighted by Crippen LogP contribution is -2.21. The molecule has 0 amide bonds. The Hall–Kier alpha value is -2.42. The van der Waals surface area contributed by atoms with Crippen molar-refractivity contribution in [3.05, 3.63) is 30.6 Å². The Labute approximate surface area is 182 Å². The zero-order valence-corrected chi connectivity index (χ0v) is 18.2. The predicted octanol–water partition coefficient (Wildman–Crippen LogP) is 3.97. The van der Waals surface area contributed by atoms with Crippen LogP contribution < -0.4 is 4.74 Å². The lowest BCUT2D eigenvalue weighted by molar-refractivity contribution is -0.0365. The lowest BCUT2D eigenvalue weighted by Gasteiger charge is -2.23. The molecule has 3 atom stereocenters. The number of nitrogens with zero attached hydrogens (tertiary/aromatic N) is 4. The van der Waals surface area contributed by atoms with E-state index in [2.05, 4.69) is 24.2 Å². The highest BCUT2D eigenvalue weighted by molar-refractivity contribution is 5.94. The summed E-state index contributed by atoms with van der Waals surface area (Å²) in [5.74, 6) is 0.803. The van der Waals surface area contributed by atoms with Gasteiger partial charge in [0, 0.05) is 23.8 Å². The molecule has 1 unspecified atom stereocenters. The molecule has 0 aliphatic carbocycles. The lowest BCUT2D eigenvalue weighted by atomic mass is 10.1. The average Bonchev–Trinajstić information content (AvgIpc) is 3.42. The number of benzene rings is 1. The molecule has 5 rings (SSSR count). The van der Waals surface area contributed by atoms with E-state index in [9.17, 15) is 0 Å². The van der Waals surface area contributed by atoms with Crippen molar-refractivity contribution >= 4 is 10.9 Å². The normalized spacial score (nSPS) is 25.5. The third kappa shape index (κ3) is 4.33. The molecular formula is C23H30N4O4. The van der Waals surface area contributed by atoms with Crippen molar-refractivity contribution in [2.45, 2.75) is 51.5 Å². The molecular weight excluding hydrogens is 396 g/mol. The fourth-order valence-electron chi connectivity index (χ4n) is 4.16. The van der Waals surface area contributed by atoms with Crippen LogP contribution in [0.1, 0.15) is 45.4 Å². The van der Waals surface area contributed by atoms with E-state index in [1.165, 1.54) is 0 Å². The van der Waals surface area contributed by atoms with Crippen LogP contribution >= 0.6 is 0 Å². The molecule has 0 saturated carbocycles. The van der Waals surface area contributed by atoms with Gasteiger partial charge in [-0.1, -0.05) is 0 Å². The highest BCUT2D eigenvalue weighted by atomic mass is 16.6. The van der Waals surface area contributed by atoms with Crippen LogP contribution in [0.3, 0.4) is 0 Å². The molecule has 0 N–H and O–H groups in total. The summed E-state index contributed by atoms with van der Waals surface area (Å²) >= 11 is 0. The Bertz CT molecular complexity index is 1020. The van der Waals surface area contributed by atoms with Crippen LogP contribution in [0, 0.1) is 0 Å². The molecule has 1 aromatic carbocycles. The highest BCUT2D eigenvalue weighted by Gasteiger charge is 2.23. The first-order chi connectivity index (χ1) is 15.2. The SMILES string of the molecule is C[C@H]1COc2ccc3c(c2)c(nn3C2CCCCO2)-c2cnn(c2)[C@@H](C)COCCO1. The first-order valence-corrected chi connectivity index (χ1v) is 11.2. The zero-order valence-electron chi connectivity index (χ0n) is 18.2. The summed E-state index contributed by atoms with van der Waals surface area (Å²) in [7, 11) is 0. The minimum atomic E-state index is -0.0401. The Morgan fingerprint density at radius 1 is 1.03 bits per heavy atom. The van der Waals surface area contributed by atoms with Crippen LogP contribution in [0.5, 0.6) is 5.75 Å². The standard InChI is InChI=1S/C23H30N4O4/c1-16-14-28-9-10-29-17(2)15-31-19-6-7-21-20(11-19)23(18-12-24-26(16)13-18)25-27(21)22-5-3-4-8-30-22/h6-7,11-13,16-17,22H,3-5,8-10,14-15H2,1-2H3/t16-,17-,22?/m0/s1. The van der Waals surface area contributed by atoms with Gasteiger partial charge < -0.3 is 18.9 Å². The van der Waals surface area contributed by atoms with E-state index in [1.807, 2.05) is 34.7 Å². The van der Waals surface area contributed by atoms with Crippen LogP contribution in [0.25, 0.3) is 22.2 Å². The Morgan fingerprint density at radius 3 is 2.84 bits per heavy atom. The van der Waals surface area contributed by atoms with Gasteiger partial charge in [-0.05, 0) is 51.3 Å². The summed E-state index contributed by atoms with van der Waals surface area (Å²) in [6, 6.07) is 6.26. The van der Waals surface area contributed by atoms with Crippen molar-refractivity contribution in [2.75, 3.05) is 33.0 Å². The molecule has 3 aromatic rings. The number of hydrogen-bond donors (Lipinski definition) is 0. The van der Waals surface area contributed by atoms with Gasteiger partial charge >= 0.3 is 0 Å². The fraction of sp³-hybridized carbons (Fsp3) is 0.565. The second-order valence-corrected chi connectivity index (χ2v) is 8.42. The predicted molar refractivity (Wildman–Crippen MR) is 116 cm³/mol. The maximum atomic E-state index is 6.04. The molecule has 2 aliphatic heterocycles. The van der Waals surface area contributed by atoms with Gasteiger partial charge in [0.05, 0.1) is 43.7 Å². The van der Waals surface area contributed by atoms with Crippen LogP contribution in [-0.2, 0) is 14.2 Å². The van der Waals surface area contributed by atoms with Crippen LogP contribution in [0.4, 0.5) is 0 Å². The largest absolute Gasteiger partial charge is 0.491 e. The quantitative estimate of drug-likeness (QED) is 0.586. The summed E-state index contributed by atoms with van der Waals surface area (Å²) in [5.41, 5.74) is 2.92. The second-order valence-electron chi connectivity index (χ2n) is 8.42. The van der Waals surface area contributed by atoms with Gasteiger partial charge in [0.25, 0.3) is 0 Å². The van der Waals surface area contributed by atoms with E-state index in [4.69, 9.17) is 24.0 Å². The molecule has 1 fully saturated rings. The van der Waals surface area contributed by atoms with Crippen molar-refractivity contribution in [2.24, 2.45) is 0 Å². The minimum absolute atomic E-state index is 0.0200. The maximum Gasteiger partial charge on any atom is 0.150 e. The molecule has 0 radical (unpaired) electrons. The molecule has 166 valence electrons. The van der Waals surface area contributed by atoms with Gasteiger partial charge in [-0.2, -0.15) is 10.2 Å². The highest BCUT2D eigenvalue weighted by Crippen LogP contribution is 2.35. The number of fused-ring (bicyclic) bond motifs is 4. The fourth-order valence-corrected chi connectivity index (χ4v) is 4.16. The first kappa shape index (κ1) is 20.5.